The number of hydrogen-bond donors (Lipinski definition) is 3. The fourth-order valence-corrected chi connectivity index (χ4v) is 8.05. The zero-order valence-corrected chi connectivity index (χ0v) is 28.7. The predicted octanol–water partition coefficient (Wildman–Crippen LogP) is 12.8. The van der Waals surface area contributed by atoms with Crippen molar-refractivity contribution in [1.82, 2.24) is 0 Å². The molecule has 0 aliphatic carbocycles. The van der Waals surface area contributed by atoms with Crippen molar-refractivity contribution in [2.24, 2.45) is 0 Å². The third-order valence-electron chi connectivity index (χ3n) is 8.94. The fourth-order valence-electron chi connectivity index (χ4n) is 6.08. The van der Waals surface area contributed by atoms with E-state index >= 15 is 0 Å². The number of unbranched alkanes of at least 4 members (excludes halogenated alkanes) is 30. The van der Waals surface area contributed by atoms with E-state index in [4.69, 9.17) is 0 Å². The second kappa shape index (κ2) is 29.4. The quantitative estimate of drug-likeness (QED) is 0.0517. The second-order valence-corrected chi connectivity index (χ2v) is 17.0. The van der Waals surface area contributed by atoms with Crippen molar-refractivity contribution in [2.75, 3.05) is 12.3 Å². The van der Waals surface area contributed by atoms with Crippen LogP contribution in [0.1, 0.15) is 219 Å². The standard InChI is InChI=1S/C36H77O3P/c1-3-5-7-9-11-13-15-17-19-21-23-25-27-29-31-33-35-40(37,38,39)36-34-32-30-28-26-24-22-20-18-16-14-12-10-8-6-4-2/h37-39H,3-36H2,1-2H3. The van der Waals surface area contributed by atoms with Crippen LogP contribution >= 0.6 is 7.28 Å². The van der Waals surface area contributed by atoms with Crippen LogP contribution in [0.15, 0.2) is 0 Å². The first-order valence-electron chi connectivity index (χ1n) is 18.6. The number of rotatable bonds is 34. The van der Waals surface area contributed by atoms with Crippen molar-refractivity contribution in [3.8, 4) is 0 Å². The van der Waals surface area contributed by atoms with Gasteiger partial charge in [-0.3, -0.25) is 0 Å². The van der Waals surface area contributed by atoms with Crippen LogP contribution in [0.2, 0.25) is 0 Å². The summed E-state index contributed by atoms with van der Waals surface area (Å²) in [5.41, 5.74) is 0. The molecule has 0 amide bonds. The normalized spacial score (nSPS) is 13.1. The zero-order chi connectivity index (χ0) is 29.5. The monoisotopic (exact) mass is 589 g/mol. The molecule has 0 heterocycles. The van der Waals surface area contributed by atoms with Crippen molar-refractivity contribution in [3.63, 3.8) is 0 Å². The molecule has 0 fully saturated rings. The van der Waals surface area contributed by atoms with E-state index < -0.39 is 7.28 Å². The molecular weight excluding hydrogens is 511 g/mol. The molecule has 0 rings (SSSR count). The van der Waals surface area contributed by atoms with Crippen LogP contribution in [0.5, 0.6) is 0 Å². The van der Waals surface area contributed by atoms with Gasteiger partial charge in [-0.25, -0.2) is 0 Å². The van der Waals surface area contributed by atoms with Crippen LogP contribution in [0.25, 0.3) is 0 Å². The van der Waals surface area contributed by atoms with Gasteiger partial charge < -0.3 is 0 Å². The third kappa shape index (κ3) is 32.8. The van der Waals surface area contributed by atoms with Crippen LogP contribution in [0.4, 0.5) is 0 Å². The molecule has 40 heavy (non-hydrogen) atoms. The van der Waals surface area contributed by atoms with Crippen LogP contribution < -0.4 is 0 Å². The molecule has 0 spiro atoms. The van der Waals surface area contributed by atoms with E-state index in [-0.39, 0.29) is 12.3 Å². The summed E-state index contributed by atoms with van der Waals surface area (Å²) in [5, 5.41) is 0. The van der Waals surface area contributed by atoms with Gasteiger partial charge in [0, 0.05) is 0 Å². The molecular formula is C36H77O3P. The molecule has 4 heteroatoms. The Morgan fingerprint density at radius 1 is 0.250 bits per heavy atom. The summed E-state index contributed by atoms with van der Waals surface area (Å²) in [6, 6.07) is 0. The van der Waals surface area contributed by atoms with Crippen molar-refractivity contribution in [3.05, 3.63) is 0 Å². The third-order valence-corrected chi connectivity index (χ3v) is 11.4. The van der Waals surface area contributed by atoms with Gasteiger partial charge in [-0.05, 0) is 0 Å². The summed E-state index contributed by atoms with van der Waals surface area (Å²) >= 11 is 0. The molecule has 244 valence electrons. The molecule has 0 aliphatic heterocycles. The molecule has 0 aromatic rings. The molecule has 0 bridgehead atoms. The Labute approximate surface area is 253 Å². The molecule has 0 radical (unpaired) electrons. The van der Waals surface area contributed by atoms with Crippen LogP contribution in [-0.2, 0) is 0 Å². The first-order chi connectivity index (χ1) is 19.4. The van der Waals surface area contributed by atoms with Gasteiger partial charge in [0.25, 0.3) is 0 Å². The van der Waals surface area contributed by atoms with Crippen LogP contribution in [0.3, 0.4) is 0 Å². The van der Waals surface area contributed by atoms with Crippen LogP contribution in [-0.4, -0.2) is 27.0 Å². The Bertz CT molecular complexity index is 448. The summed E-state index contributed by atoms with van der Waals surface area (Å²) in [5.74, 6) is 0. The molecule has 3 N–H and O–H groups in total. The molecule has 0 aromatic heterocycles. The number of hydrogen-bond acceptors (Lipinski definition) is 3. The predicted molar refractivity (Wildman–Crippen MR) is 182 cm³/mol. The maximum atomic E-state index is 10.5. The van der Waals surface area contributed by atoms with E-state index in [0.717, 1.165) is 38.5 Å². The molecule has 0 aliphatic rings. The average Bonchev–Trinajstić information content (AvgIpc) is 2.92. The molecule has 0 unspecified atom stereocenters. The van der Waals surface area contributed by atoms with E-state index in [2.05, 4.69) is 13.8 Å². The molecule has 3 nitrogen and oxygen atoms in total. The average molecular weight is 589 g/mol. The van der Waals surface area contributed by atoms with Crippen molar-refractivity contribution in [2.45, 2.75) is 219 Å². The Hall–Kier alpha value is 0.310. The summed E-state index contributed by atoms with van der Waals surface area (Å²) < 4.78 is 0. The minimum absolute atomic E-state index is 0.211. The summed E-state index contributed by atoms with van der Waals surface area (Å²) in [7, 11) is -4.39. The van der Waals surface area contributed by atoms with Gasteiger partial charge in [0.15, 0.2) is 0 Å². The maximum absolute atomic E-state index is 10.5. The minimum atomic E-state index is -4.39. The van der Waals surface area contributed by atoms with Gasteiger partial charge in [-0.1, -0.05) is 78.1 Å². The van der Waals surface area contributed by atoms with E-state index in [1.54, 1.807) is 0 Å². The van der Waals surface area contributed by atoms with Gasteiger partial charge >= 0.3 is 176 Å². The van der Waals surface area contributed by atoms with E-state index in [0.29, 0.717) is 0 Å². The second-order valence-electron chi connectivity index (χ2n) is 13.4. The Morgan fingerprint density at radius 2 is 0.400 bits per heavy atom. The van der Waals surface area contributed by atoms with Gasteiger partial charge in [0.1, 0.15) is 0 Å². The van der Waals surface area contributed by atoms with Gasteiger partial charge in [0.2, 0.25) is 0 Å². The molecule has 0 atom stereocenters. The van der Waals surface area contributed by atoms with E-state index in [1.807, 2.05) is 0 Å². The van der Waals surface area contributed by atoms with Crippen molar-refractivity contribution in [1.29, 1.82) is 0 Å². The molecule has 0 saturated heterocycles. The smallest absolute Gasteiger partial charge is 0.0654 e. The topological polar surface area (TPSA) is 60.7 Å². The Morgan fingerprint density at radius 3 is 0.575 bits per heavy atom. The van der Waals surface area contributed by atoms with E-state index in [9.17, 15) is 14.7 Å². The minimum Gasteiger partial charge on any atom is -0.0654 e. The van der Waals surface area contributed by atoms with Crippen molar-refractivity contribution >= 4 is 7.28 Å². The SMILES string of the molecule is CCCCCCCCCCCCCCCCCCP(O)(O)(O)CCCCCCCCCCCCCCCCCC. The molecule has 0 aromatic carbocycles. The van der Waals surface area contributed by atoms with Crippen molar-refractivity contribution < 1.29 is 14.7 Å². The zero-order valence-electron chi connectivity index (χ0n) is 27.8. The Balaban J connectivity index is 3.40. The van der Waals surface area contributed by atoms with Crippen LogP contribution in [0, 0.1) is 0 Å². The Kier molecular flexibility index (Phi) is 29.6. The molecule has 0 saturated carbocycles. The van der Waals surface area contributed by atoms with Gasteiger partial charge in [-0.15, -0.1) is 0 Å². The van der Waals surface area contributed by atoms with E-state index in [1.165, 1.54) is 167 Å². The summed E-state index contributed by atoms with van der Waals surface area (Å²) in [4.78, 5) is 31.4. The van der Waals surface area contributed by atoms with Gasteiger partial charge in [-0.2, -0.15) is 0 Å². The first-order valence-corrected chi connectivity index (χ1v) is 21.1. The van der Waals surface area contributed by atoms with Gasteiger partial charge in [0.05, 0.1) is 0 Å². The summed E-state index contributed by atoms with van der Waals surface area (Å²) in [6.45, 7) is 4.56. The summed E-state index contributed by atoms with van der Waals surface area (Å²) in [6.07, 6.45) is 42.1. The first kappa shape index (κ1) is 40.3. The fraction of sp³-hybridized carbons (Fsp3) is 1.00.